The molecule has 0 spiro atoms. The summed E-state index contributed by atoms with van der Waals surface area (Å²) >= 11 is 0. The third-order valence-corrected chi connectivity index (χ3v) is 2.27. The molecule has 0 fully saturated rings. The summed E-state index contributed by atoms with van der Waals surface area (Å²) in [6, 6.07) is 0. The van der Waals surface area contributed by atoms with E-state index in [-0.39, 0.29) is 19.2 Å². The number of rotatable bonds is 6. The van der Waals surface area contributed by atoms with E-state index in [9.17, 15) is 9.36 Å². The smallest absolute Gasteiger partial charge is 0.331 e. The average molecular weight is 194 g/mol. The first-order valence-corrected chi connectivity index (χ1v) is 5.03. The lowest BCUT2D eigenvalue weighted by molar-refractivity contribution is -0.137. The molecule has 0 aromatic rings. The van der Waals surface area contributed by atoms with Crippen molar-refractivity contribution in [2.75, 3.05) is 12.8 Å². The molecule has 1 atom stereocenters. The predicted molar refractivity (Wildman–Crippen MR) is 43.1 cm³/mol. The molecule has 70 valence electrons. The Labute approximate surface area is 70.2 Å². The second kappa shape index (κ2) is 5.09. The molecule has 0 saturated heterocycles. The minimum atomic E-state index is -3.63. The predicted octanol–water partition coefficient (Wildman–Crippen LogP) is 0.849. The molecule has 0 rings (SSSR count). The van der Waals surface area contributed by atoms with Gasteiger partial charge in [-0.05, 0) is 0 Å². The molecule has 12 heavy (non-hydrogen) atoms. The summed E-state index contributed by atoms with van der Waals surface area (Å²) in [5, 5.41) is 8.17. The van der Waals surface area contributed by atoms with Gasteiger partial charge in [0.25, 0.3) is 0 Å². The summed E-state index contributed by atoms with van der Waals surface area (Å²) in [5.41, 5.74) is 0. The third-order valence-electron chi connectivity index (χ3n) is 0.969. The van der Waals surface area contributed by atoms with Crippen LogP contribution in [0.1, 0.15) is 6.42 Å². The maximum absolute atomic E-state index is 10.9. The van der Waals surface area contributed by atoms with E-state index in [1.165, 1.54) is 6.08 Å². The highest BCUT2D eigenvalue weighted by molar-refractivity contribution is 7.53. The van der Waals surface area contributed by atoms with Crippen LogP contribution in [0.3, 0.4) is 0 Å². The van der Waals surface area contributed by atoms with Gasteiger partial charge in [0.1, 0.15) is 0 Å². The Morgan fingerprint density at radius 3 is 2.67 bits per heavy atom. The van der Waals surface area contributed by atoms with Crippen LogP contribution >= 0.6 is 7.60 Å². The van der Waals surface area contributed by atoms with E-state index in [2.05, 4.69) is 11.1 Å². The van der Waals surface area contributed by atoms with Gasteiger partial charge in [-0.2, -0.15) is 0 Å². The normalized spacial score (nSPS) is 15.1. The van der Waals surface area contributed by atoms with Gasteiger partial charge in [0.15, 0.2) is 0 Å². The van der Waals surface area contributed by atoms with Gasteiger partial charge in [0.05, 0.1) is 19.2 Å². The Bertz CT molecular complexity index is 212. The Balaban J connectivity index is 3.68. The lowest BCUT2D eigenvalue weighted by Gasteiger charge is -2.07. The molecule has 0 aliphatic rings. The van der Waals surface area contributed by atoms with E-state index in [0.717, 1.165) is 0 Å². The fourth-order valence-electron chi connectivity index (χ4n) is 0.491. The number of hydrogen-bond donors (Lipinski definition) is 2. The van der Waals surface area contributed by atoms with Crippen molar-refractivity contribution in [2.45, 2.75) is 6.42 Å². The molecule has 1 unspecified atom stereocenters. The van der Waals surface area contributed by atoms with Crippen molar-refractivity contribution in [2.24, 2.45) is 0 Å². The van der Waals surface area contributed by atoms with Crippen LogP contribution in [0.2, 0.25) is 0 Å². The zero-order chi connectivity index (χ0) is 9.61. The zero-order valence-corrected chi connectivity index (χ0v) is 7.37. The lowest BCUT2D eigenvalue weighted by atomic mass is 10.5. The molecule has 0 aliphatic heterocycles. The van der Waals surface area contributed by atoms with Crippen LogP contribution in [-0.4, -0.2) is 28.7 Å². The molecule has 0 heterocycles. The van der Waals surface area contributed by atoms with Crippen molar-refractivity contribution in [3.8, 4) is 0 Å². The van der Waals surface area contributed by atoms with Crippen LogP contribution in [0.15, 0.2) is 12.7 Å². The second-order valence-electron chi connectivity index (χ2n) is 2.09. The molecule has 0 saturated carbocycles. The molecule has 0 amide bonds. The van der Waals surface area contributed by atoms with Crippen LogP contribution in [-0.2, 0) is 13.9 Å². The molecule has 5 nitrogen and oxygen atoms in total. The maximum Gasteiger partial charge on any atom is 0.331 e. The van der Waals surface area contributed by atoms with Gasteiger partial charge in [-0.25, -0.2) is 0 Å². The quantitative estimate of drug-likeness (QED) is 0.483. The van der Waals surface area contributed by atoms with E-state index in [4.69, 9.17) is 10.00 Å². The third kappa shape index (κ3) is 6.09. The first-order valence-electron chi connectivity index (χ1n) is 3.27. The summed E-state index contributed by atoms with van der Waals surface area (Å²) in [6.07, 6.45) is 0.815. The highest BCUT2D eigenvalue weighted by atomic mass is 31.2. The summed E-state index contributed by atoms with van der Waals surface area (Å²) in [7, 11) is -3.63. The van der Waals surface area contributed by atoms with Crippen molar-refractivity contribution < 1.29 is 23.9 Å². The zero-order valence-electron chi connectivity index (χ0n) is 6.47. The van der Waals surface area contributed by atoms with Crippen molar-refractivity contribution >= 4 is 13.6 Å². The number of carboxylic acid groups (broad SMARTS) is 1. The molecular weight excluding hydrogens is 183 g/mol. The molecule has 0 aromatic carbocycles. The summed E-state index contributed by atoms with van der Waals surface area (Å²) in [5.74, 6) is -1.06. The van der Waals surface area contributed by atoms with Crippen LogP contribution < -0.4 is 0 Å². The van der Waals surface area contributed by atoms with E-state index in [1.54, 1.807) is 0 Å². The van der Waals surface area contributed by atoms with Gasteiger partial charge in [-0.15, -0.1) is 6.58 Å². The fraction of sp³-hybridized carbons (Fsp3) is 0.500. The Morgan fingerprint density at radius 2 is 2.25 bits per heavy atom. The summed E-state index contributed by atoms with van der Waals surface area (Å²) in [4.78, 5) is 18.9. The number of hydrogen-bond acceptors (Lipinski definition) is 3. The van der Waals surface area contributed by atoms with E-state index in [0.29, 0.717) is 0 Å². The van der Waals surface area contributed by atoms with Gasteiger partial charge in [0.2, 0.25) is 0 Å². The van der Waals surface area contributed by atoms with Crippen LogP contribution in [0.4, 0.5) is 0 Å². The van der Waals surface area contributed by atoms with Crippen molar-refractivity contribution in [3.63, 3.8) is 0 Å². The van der Waals surface area contributed by atoms with E-state index < -0.39 is 13.6 Å². The summed E-state index contributed by atoms with van der Waals surface area (Å²) < 4.78 is 15.3. The van der Waals surface area contributed by atoms with Crippen LogP contribution in [0, 0.1) is 0 Å². The minimum absolute atomic E-state index is 0.160. The van der Waals surface area contributed by atoms with Crippen molar-refractivity contribution in [1.82, 2.24) is 0 Å². The van der Waals surface area contributed by atoms with Crippen molar-refractivity contribution in [3.05, 3.63) is 12.7 Å². The van der Waals surface area contributed by atoms with E-state index in [1.807, 2.05) is 0 Å². The Hall–Kier alpha value is -0.640. The Morgan fingerprint density at radius 1 is 1.67 bits per heavy atom. The highest BCUT2D eigenvalue weighted by Gasteiger charge is 2.16. The number of carbonyl (C=O) groups is 1. The van der Waals surface area contributed by atoms with Crippen LogP contribution in [0.25, 0.3) is 0 Å². The topological polar surface area (TPSA) is 83.8 Å². The second-order valence-corrected chi connectivity index (χ2v) is 3.98. The largest absolute Gasteiger partial charge is 0.481 e. The van der Waals surface area contributed by atoms with Crippen LogP contribution in [0.5, 0.6) is 0 Å². The molecule has 0 aromatic heterocycles. The minimum Gasteiger partial charge on any atom is -0.481 e. The molecular formula is C6H11O5P. The van der Waals surface area contributed by atoms with Gasteiger partial charge in [-0.3, -0.25) is 9.36 Å². The average Bonchev–Trinajstić information content (AvgIpc) is 1.85. The Kier molecular flexibility index (Phi) is 4.81. The first kappa shape index (κ1) is 11.4. The fourth-order valence-corrected chi connectivity index (χ4v) is 1.30. The van der Waals surface area contributed by atoms with E-state index >= 15 is 0 Å². The van der Waals surface area contributed by atoms with Gasteiger partial charge >= 0.3 is 13.6 Å². The monoisotopic (exact) mass is 194 g/mol. The maximum atomic E-state index is 10.9. The van der Waals surface area contributed by atoms with Gasteiger partial charge < -0.3 is 14.5 Å². The van der Waals surface area contributed by atoms with Gasteiger partial charge in [-0.1, -0.05) is 6.08 Å². The number of aliphatic carboxylic acids is 1. The number of carboxylic acids is 1. The molecule has 6 heteroatoms. The van der Waals surface area contributed by atoms with Crippen molar-refractivity contribution in [1.29, 1.82) is 0 Å². The van der Waals surface area contributed by atoms with Gasteiger partial charge in [0, 0.05) is 0 Å². The highest BCUT2D eigenvalue weighted by Crippen LogP contribution is 2.41. The molecule has 0 bridgehead atoms. The molecule has 0 aliphatic carbocycles. The first-order chi connectivity index (χ1) is 5.48. The SMILES string of the molecule is C=CCP(=O)(O)OCCC(=O)O. The lowest BCUT2D eigenvalue weighted by Crippen LogP contribution is -2.02. The summed E-state index contributed by atoms with van der Waals surface area (Å²) in [6.45, 7) is 3.01. The molecule has 2 N–H and O–H groups in total. The number of allylic oxidation sites excluding steroid dienone is 1. The molecule has 0 radical (unpaired) electrons. The standard InChI is InChI=1S/C6H11O5P/c1-2-5-12(9,10)11-4-3-6(7)8/h2H,1,3-5H2,(H,7,8)(H,9,10).